The van der Waals surface area contributed by atoms with E-state index in [1.807, 2.05) is 35.6 Å². The van der Waals surface area contributed by atoms with Crippen LogP contribution < -0.4 is 15.4 Å². The maximum Gasteiger partial charge on any atom is 0.417 e. The minimum Gasteiger partial charge on any atom is -0.489 e. The third-order valence-corrected chi connectivity index (χ3v) is 4.63. The molecule has 0 saturated carbocycles. The minimum atomic E-state index is -4.78. The van der Waals surface area contributed by atoms with Crippen LogP contribution in [0.4, 0.5) is 18.0 Å². The molecule has 0 saturated heterocycles. The van der Waals surface area contributed by atoms with Gasteiger partial charge in [0.25, 0.3) is 5.91 Å². The molecule has 0 aliphatic rings. The van der Waals surface area contributed by atoms with Crippen LogP contribution in [0.2, 0.25) is 0 Å². The van der Waals surface area contributed by atoms with Gasteiger partial charge in [-0.25, -0.2) is 4.79 Å². The molecular formula is C24H21F3N2O3. The summed E-state index contributed by atoms with van der Waals surface area (Å²) >= 11 is 0. The van der Waals surface area contributed by atoms with Crippen molar-refractivity contribution in [2.45, 2.75) is 26.3 Å². The summed E-state index contributed by atoms with van der Waals surface area (Å²) in [7, 11) is 0. The number of carbonyl (C=O) groups excluding carboxylic acids is 2. The molecule has 0 aromatic heterocycles. The first-order valence-corrected chi connectivity index (χ1v) is 9.75. The van der Waals surface area contributed by atoms with E-state index >= 15 is 0 Å². The molecule has 0 bridgehead atoms. The third kappa shape index (κ3) is 6.10. The van der Waals surface area contributed by atoms with Gasteiger partial charge in [0.2, 0.25) is 0 Å². The number of carbonyl (C=O) groups is 2. The van der Waals surface area contributed by atoms with Crippen LogP contribution in [0.3, 0.4) is 0 Å². The van der Waals surface area contributed by atoms with Crippen LogP contribution in [0.25, 0.3) is 0 Å². The molecule has 0 radical (unpaired) electrons. The Morgan fingerprint density at radius 3 is 2.09 bits per heavy atom. The SMILES string of the molecule is Cc1cc(C(F)(F)F)c(C(=O)NC(=O)NCc2ccccc2)cc1OCc1ccccc1. The molecule has 3 amide bonds. The molecule has 0 fully saturated rings. The fraction of sp³-hybridized carbons (Fsp3) is 0.167. The van der Waals surface area contributed by atoms with Crippen molar-refractivity contribution in [2.75, 3.05) is 0 Å². The van der Waals surface area contributed by atoms with Gasteiger partial charge in [0, 0.05) is 6.54 Å². The highest BCUT2D eigenvalue weighted by molar-refractivity contribution is 6.05. The van der Waals surface area contributed by atoms with Crippen LogP contribution in [0, 0.1) is 6.92 Å². The number of benzene rings is 3. The summed E-state index contributed by atoms with van der Waals surface area (Å²) in [5, 5.41) is 4.40. The number of nitrogens with one attached hydrogen (secondary N) is 2. The second-order valence-electron chi connectivity index (χ2n) is 7.06. The number of urea groups is 1. The molecule has 3 rings (SSSR count). The zero-order valence-electron chi connectivity index (χ0n) is 17.2. The van der Waals surface area contributed by atoms with Gasteiger partial charge < -0.3 is 10.1 Å². The molecule has 3 aromatic carbocycles. The number of hydrogen-bond donors (Lipinski definition) is 2. The first-order chi connectivity index (χ1) is 15.2. The summed E-state index contributed by atoms with van der Waals surface area (Å²) in [4.78, 5) is 24.6. The lowest BCUT2D eigenvalue weighted by atomic mass is 10.0. The average Bonchev–Trinajstić information content (AvgIpc) is 2.77. The highest BCUT2D eigenvalue weighted by Gasteiger charge is 2.36. The van der Waals surface area contributed by atoms with Crippen LogP contribution >= 0.6 is 0 Å². The summed E-state index contributed by atoms with van der Waals surface area (Å²) < 4.78 is 46.3. The number of amides is 3. The molecule has 0 heterocycles. The normalized spacial score (nSPS) is 11.0. The van der Waals surface area contributed by atoms with Crippen molar-refractivity contribution in [2.24, 2.45) is 0 Å². The Labute approximate surface area is 183 Å². The molecule has 5 nitrogen and oxygen atoms in total. The molecule has 2 N–H and O–H groups in total. The number of rotatable bonds is 6. The Hall–Kier alpha value is -3.81. The fourth-order valence-corrected chi connectivity index (χ4v) is 2.99. The van der Waals surface area contributed by atoms with Crippen molar-refractivity contribution < 1.29 is 27.5 Å². The van der Waals surface area contributed by atoms with Crippen molar-refractivity contribution >= 4 is 11.9 Å². The molecular weight excluding hydrogens is 421 g/mol. The Morgan fingerprint density at radius 2 is 1.50 bits per heavy atom. The lowest BCUT2D eigenvalue weighted by Gasteiger charge is -2.17. The molecule has 3 aromatic rings. The van der Waals surface area contributed by atoms with Crippen LogP contribution in [-0.4, -0.2) is 11.9 Å². The van der Waals surface area contributed by atoms with Crippen LogP contribution in [0.1, 0.15) is 32.6 Å². The van der Waals surface area contributed by atoms with E-state index in [-0.39, 0.29) is 24.5 Å². The van der Waals surface area contributed by atoms with Crippen molar-refractivity contribution in [1.82, 2.24) is 10.6 Å². The summed E-state index contributed by atoms with van der Waals surface area (Å²) in [5.41, 5.74) is -0.0223. The van der Waals surface area contributed by atoms with Gasteiger partial charge >= 0.3 is 12.2 Å². The number of aryl methyl sites for hydroxylation is 1. The third-order valence-electron chi connectivity index (χ3n) is 4.63. The Morgan fingerprint density at radius 1 is 0.906 bits per heavy atom. The first-order valence-electron chi connectivity index (χ1n) is 9.75. The van der Waals surface area contributed by atoms with Crippen LogP contribution in [0.15, 0.2) is 72.8 Å². The number of alkyl halides is 3. The van der Waals surface area contributed by atoms with Gasteiger partial charge in [-0.1, -0.05) is 60.7 Å². The second-order valence-corrected chi connectivity index (χ2v) is 7.06. The van der Waals surface area contributed by atoms with Crippen LogP contribution in [-0.2, 0) is 19.3 Å². The monoisotopic (exact) mass is 442 g/mol. The Kier molecular flexibility index (Phi) is 7.14. The smallest absolute Gasteiger partial charge is 0.417 e. The lowest BCUT2D eigenvalue weighted by molar-refractivity contribution is -0.138. The van der Waals surface area contributed by atoms with E-state index in [1.165, 1.54) is 6.92 Å². The summed E-state index contributed by atoms with van der Waals surface area (Å²) in [6.45, 7) is 1.70. The molecule has 0 spiro atoms. The second kappa shape index (κ2) is 10.00. The number of imide groups is 1. The predicted octanol–water partition coefficient (Wildman–Crippen LogP) is 5.23. The molecule has 0 aliphatic heterocycles. The average molecular weight is 442 g/mol. The maximum atomic E-state index is 13.6. The largest absolute Gasteiger partial charge is 0.489 e. The van der Waals surface area contributed by atoms with Gasteiger partial charge in [-0.3, -0.25) is 10.1 Å². The van der Waals surface area contributed by atoms with E-state index < -0.39 is 29.2 Å². The van der Waals surface area contributed by atoms with Gasteiger partial charge in [-0.2, -0.15) is 13.2 Å². The highest BCUT2D eigenvalue weighted by atomic mass is 19.4. The summed E-state index contributed by atoms with van der Waals surface area (Å²) in [6.07, 6.45) is -4.78. The Balaban J connectivity index is 1.77. The van der Waals surface area contributed by atoms with Gasteiger partial charge in [-0.15, -0.1) is 0 Å². The summed E-state index contributed by atoms with van der Waals surface area (Å²) in [6, 6.07) is 18.9. The topological polar surface area (TPSA) is 67.4 Å². The van der Waals surface area contributed by atoms with Crippen LogP contribution in [0.5, 0.6) is 5.75 Å². The van der Waals surface area contributed by atoms with Crippen molar-refractivity contribution in [1.29, 1.82) is 0 Å². The molecule has 8 heteroatoms. The summed E-state index contributed by atoms with van der Waals surface area (Å²) in [5.74, 6) is -1.05. The standard InChI is InChI=1S/C24H21F3N2O3/c1-16-12-20(24(25,26)27)19(13-21(16)32-15-18-10-6-3-7-11-18)22(30)29-23(31)28-14-17-8-4-2-5-9-17/h2-13H,14-15H2,1H3,(H2,28,29,30,31). The predicted molar refractivity (Wildman–Crippen MR) is 113 cm³/mol. The zero-order chi connectivity index (χ0) is 23.1. The van der Waals surface area contributed by atoms with E-state index in [2.05, 4.69) is 5.32 Å². The van der Waals surface area contributed by atoms with Crippen molar-refractivity contribution in [3.63, 3.8) is 0 Å². The Bertz CT molecular complexity index is 1080. The van der Waals surface area contributed by atoms with E-state index in [9.17, 15) is 22.8 Å². The van der Waals surface area contributed by atoms with E-state index in [1.54, 1.807) is 30.3 Å². The van der Waals surface area contributed by atoms with E-state index in [0.717, 1.165) is 23.3 Å². The minimum absolute atomic E-state index is 0.116. The van der Waals surface area contributed by atoms with Gasteiger partial charge in [0.05, 0.1) is 11.1 Å². The molecule has 32 heavy (non-hydrogen) atoms. The molecule has 166 valence electrons. The first kappa shape index (κ1) is 22.9. The molecule has 0 atom stereocenters. The van der Waals surface area contributed by atoms with Gasteiger partial charge in [0.1, 0.15) is 12.4 Å². The number of halogens is 3. The number of hydrogen-bond acceptors (Lipinski definition) is 3. The zero-order valence-corrected chi connectivity index (χ0v) is 17.2. The maximum absolute atomic E-state index is 13.6. The van der Waals surface area contributed by atoms with E-state index in [0.29, 0.717) is 0 Å². The van der Waals surface area contributed by atoms with Gasteiger partial charge in [-0.05, 0) is 35.7 Å². The van der Waals surface area contributed by atoms with Crippen molar-refractivity contribution in [3.05, 3.63) is 101 Å². The quantitative estimate of drug-likeness (QED) is 0.549. The van der Waals surface area contributed by atoms with Crippen molar-refractivity contribution in [3.8, 4) is 5.75 Å². The number of ether oxygens (including phenoxy) is 1. The van der Waals surface area contributed by atoms with E-state index in [4.69, 9.17) is 4.74 Å². The molecule has 0 aliphatic carbocycles. The highest BCUT2D eigenvalue weighted by Crippen LogP contribution is 2.36. The lowest BCUT2D eigenvalue weighted by Crippen LogP contribution is -2.39. The fourth-order valence-electron chi connectivity index (χ4n) is 2.99. The van der Waals surface area contributed by atoms with Gasteiger partial charge in [0.15, 0.2) is 0 Å². The molecule has 0 unspecified atom stereocenters.